The maximum absolute atomic E-state index is 3.82. The van der Waals surface area contributed by atoms with Crippen molar-refractivity contribution < 1.29 is 0 Å². The molecule has 1 fully saturated rings. The molecule has 9 heavy (non-hydrogen) atoms. The van der Waals surface area contributed by atoms with Gasteiger partial charge in [0.2, 0.25) is 0 Å². The van der Waals surface area contributed by atoms with Gasteiger partial charge >= 0.3 is 0 Å². The monoisotopic (exact) mass is 125 g/mol. The van der Waals surface area contributed by atoms with Crippen LogP contribution in [0.4, 0.5) is 0 Å². The molecule has 1 heteroatoms. The lowest BCUT2D eigenvalue weighted by molar-refractivity contribution is 0.252. The maximum atomic E-state index is 3.82. The Kier molecular flexibility index (Phi) is 1.62. The fourth-order valence-corrected chi connectivity index (χ4v) is 1.38. The molecule has 0 radical (unpaired) electrons. The van der Waals surface area contributed by atoms with E-state index in [-0.39, 0.29) is 0 Å². The van der Waals surface area contributed by atoms with E-state index in [1.165, 1.54) is 19.4 Å². The van der Waals surface area contributed by atoms with Crippen LogP contribution in [0.5, 0.6) is 0 Å². The van der Waals surface area contributed by atoms with Crippen LogP contribution >= 0.6 is 0 Å². The average Bonchev–Trinajstić information content (AvgIpc) is 2.15. The van der Waals surface area contributed by atoms with Crippen molar-refractivity contribution in [2.75, 3.05) is 13.6 Å². The van der Waals surface area contributed by atoms with Crippen LogP contribution in [0.3, 0.4) is 0 Å². The first-order valence-electron chi connectivity index (χ1n) is 3.54. The predicted molar refractivity (Wildman–Crippen MR) is 40.5 cm³/mol. The Labute approximate surface area is 57.4 Å². The Balaban J connectivity index is 2.66. The summed E-state index contributed by atoms with van der Waals surface area (Å²) in [5.74, 6) is 0. The van der Waals surface area contributed by atoms with Crippen molar-refractivity contribution in [3.8, 4) is 0 Å². The molecule has 52 valence electrons. The van der Waals surface area contributed by atoms with E-state index in [1.807, 2.05) is 0 Å². The molecule has 1 nitrogen and oxygen atoms in total. The molecule has 1 atom stereocenters. The standard InChI is InChI=1S/C8H15N/c1-4-8(2)6-5-7-9(8)3/h4H,1,5-7H2,2-3H3. The second kappa shape index (κ2) is 2.14. The van der Waals surface area contributed by atoms with Crippen LogP contribution in [0.15, 0.2) is 12.7 Å². The Morgan fingerprint density at radius 1 is 1.67 bits per heavy atom. The van der Waals surface area contributed by atoms with Gasteiger partial charge in [-0.3, -0.25) is 4.90 Å². The van der Waals surface area contributed by atoms with Crippen molar-refractivity contribution in [2.45, 2.75) is 25.3 Å². The Morgan fingerprint density at radius 2 is 2.33 bits per heavy atom. The van der Waals surface area contributed by atoms with E-state index < -0.39 is 0 Å². The van der Waals surface area contributed by atoms with Gasteiger partial charge in [-0.2, -0.15) is 0 Å². The van der Waals surface area contributed by atoms with Gasteiger partial charge in [0, 0.05) is 5.54 Å². The smallest absolute Gasteiger partial charge is 0.0357 e. The molecule has 1 rings (SSSR count). The lowest BCUT2D eigenvalue weighted by Gasteiger charge is -2.28. The second-order valence-electron chi connectivity index (χ2n) is 3.09. The molecular weight excluding hydrogens is 110 g/mol. The number of likely N-dealkylation sites (tertiary alicyclic amines) is 1. The number of nitrogens with zero attached hydrogens (tertiary/aromatic N) is 1. The highest BCUT2D eigenvalue weighted by atomic mass is 15.2. The van der Waals surface area contributed by atoms with Gasteiger partial charge in [-0.05, 0) is 33.4 Å². The third-order valence-electron chi connectivity index (χ3n) is 2.49. The van der Waals surface area contributed by atoms with Gasteiger partial charge in [0.1, 0.15) is 0 Å². The van der Waals surface area contributed by atoms with Crippen LogP contribution in [-0.4, -0.2) is 24.0 Å². The number of hydrogen-bond acceptors (Lipinski definition) is 1. The SMILES string of the molecule is C=CC1(C)CCCN1C. The van der Waals surface area contributed by atoms with Crippen molar-refractivity contribution in [2.24, 2.45) is 0 Å². The normalized spacial score (nSPS) is 37.1. The van der Waals surface area contributed by atoms with Crippen molar-refractivity contribution in [3.63, 3.8) is 0 Å². The molecular formula is C8H15N. The molecule has 0 saturated carbocycles. The minimum Gasteiger partial charge on any atom is -0.298 e. The van der Waals surface area contributed by atoms with Crippen LogP contribution in [0.2, 0.25) is 0 Å². The summed E-state index contributed by atoms with van der Waals surface area (Å²) in [6.45, 7) is 7.29. The van der Waals surface area contributed by atoms with Crippen molar-refractivity contribution >= 4 is 0 Å². The lowest BCUT2D eigenvalue weighted by atomic mass is 10.0. The van der Waals surface area contributed by atoms with E-state index >= 15 is 0 Å². The first kappa shape index (κ1) is 6.81. The van der Waals surface area contributed by atoms with Gasteiger partial charge in [-0.25, -0.2) is 0 Å². The molecule has 0 aromatic rings. The molecule has 0 spiro atoms. The van der Waals surface area contributed by atoms with Crippen LogP contribution in [-0.2, 0) is 0 Å². The summed E-state index contributed by atoms with van der Waals surface area (Å²) in [5.41, 5.74) is 0.292. The first-order chi connectivity index (χ1) is 4.19. The highest BCUT2D eigenvalue weighted by Crippen LogP contribution is 2.27. The third-order valence-corrected chi connectivity index (χ3v) is 2.49. The second-order valence-corrected chi connectivity index (χ2v) is 3.09. The van der Waals surface area contributed by atoms with Crippen molar-refractivity contribution in [1.29, 1.82) is 0 Å². The molecule has 1 saturated heterocycles. The zero-order valence-electron chi connectivity index (χ0n) is 6.35. The van der Waals surface area contributed by atoms with Gasteiger partial charge in [-0.1, -0.05) is 6.08 Å². The van der Waals surface area contributed by atoms with Gasteiger partial charge in [0.15, 0.2) is 0 Å². The van der Waals surface area contributed by atoms with E-state index in [0.717, 1.165) is 0 Å². The molecule has 1 aliphatic heterocycles. The number of likely N-dealkylation sites (N-methyl/N-ethyl adjacent to an activating group) is 1. The molecule has 0 aliphatic carbocycles. The van der Waals surface area contributed by atoms with Gasteiger partial charge < -0.3 is 0 Å². The summed E-state index contributed by atoms with van der Waals surface area (Å²) >= 11 is 0. The van der Waals surface area contributed by atoms with E-state index in [2.05, 4.69) is 31.5 Å². The first-order valence-corrected chi connectivity index (χ1v) is 3.54. The zero-order chi connectivity index (χ0) is 6.91. The quantitative estimate of drug-likeness (QED) is 0.482. The van der Waals surface area contributed by atoms with Gasteiger partial charge in [0.25, 0.3) is 0 Å². The molecule has 0 amide bonds. The fraction of sp³-hybridized carbons (Fsp3) is 0.750. The van der Waals surface area contributed by atoms with Crippen LogP contribution in [0.25, 0.3) is 0 Å². The summed E-state index contributed by atoms with van der Waals surface area (Å²) in [6.07, 6.45) is 4.64. The van der Waals surface area contributed by atoms with E-state index in [9.17, 15) is 0 Å². The molecule has 0 aromatic heterocycles. The minimum absolute atomic E-state index is 0.292. The molecule has 0 N–H and O–H groups in total. The summed E-state index contributed by atoms with van der Waals surface area (Å²) < 4.78 is 0. The number of rotatable bonds is 1. The summed E-state index contributed by atoms with van der Waals surface area (Å²) in [6, 6.07) is 0. The van der Waals surface area contributed by atoms with Crippen LogP contribution in [0.1, 0.15) is 19.8 Å². The fourth-order valence-electron chi connectivity index (χ4n) is 1.38. The van der Waals surface area contributed by atoms with Crippen molar-refractivity contribution in [3.05, 3.63) is 12.7 Å². The summed E-state index contributed by atoms with van der Waals surface area (Å²) in [5, 5.41) is 0. The average molecular weight is 125 g/mol. The maximum Gasteiger partial charge on any atom is 0.0357 e. The van der Waals surface area contributed by atoms with Gasteiger partial charge in [-0.15, -0.1) is 6.58 Å². The van der Waals surface area contributed by atoms with Crippen LogP contribution in [0, 0.1) is 0 Å². The lowest BCUT2D eigenvalue weighted by Crippen LogP contribution is -2.35. The van der Waals surface area contributed by atoms with E-state index in [4.69, 9.17) is 0 Å². The molecule has 1 unspecified atom stereocenters. The molecule has 0 bridgehead atoms. The largest absolute Gasteiger partial charge is 0.298 e. The van der Waals surface area contributed by atoms with E-state index in [0.29, 0.717) is 5.54 Å². The zero-order valence-corrected chi connectivity index (χ0v) is 6.35. The minimum atomic E-state index is 0.292. The molecule has 0 aromatic carbocycles. The van der Waals surface area contributed by atoms with Gasteiger partial charge in [0.05, 0.1) is 0 Å². The molecule has 1 aliphatic rings. The topological polar surface area (TPSA) is 3.24 Å². The highest BCUT2D eigenvalue weighted by molar-refractivity contribution is 5.03. The Morgan fingerprint density at radius 3 is 2.56 bits per heavy atom. The van der Waals surface area contributed by atoms with Crippen molar-refractivity contribution in [1.82, 2.24) is 4.90 Å². The predicted octanol–water partition coefficient (Wildman–Crippen LogP) is 1.66. The number of hydrogen-bond donors (Lipinski definition) is 0. The third kappa shape index (κ3) is 1.01. The van der Waals surface area contributed by atoms with Crippen LogP contribution < -0.4 is 0 Å². The Hall–Kier alpha value is -0.300. The summed E-state index contributed by atoms with van der Waals surface area (Å²) in [7, 11) is 2.16. The molecule has 1 heterocycles. The highest BCUT2D eigenvalue weighted by Gasteiger charge is 2.29. The van der Waals surface area contributed by atoms with E-state index in [1.54, 1.807) is 0 Å². The summed E-state index contributed by atoms with van der Waals surface area (Å²) in [4.78, 5) is 2.36. The Bertz CT molecular complexity index is 120.